The van der Waals surface area contributed by atoms with Gasteiger partial charge in [0, 0.05) is 18.4 Å². The molecule has 4 rings (SSSR count). The second-order valence-corrected chi connectivity index (χ2v) is 8.69. The lowest BCUT2D eigenvalue weighted by Gasteiger charge is -2.39. The molecule has 0 aromatic carbocycles. The molecule has 134 valence electrons. The first-order valence-corrected chi connectivity index (χ1v) is 9.28. The summed E-state index contributed by atoms with van der Waals surface area (Å²) in [5.74, 6) is 0.726. The second-order valence-electron chi connectivity index (χ2n) is 8.69. The molecule has 25 heavy (non-hydrogen) atoms. The largest absolute Gasteiger partial charge is 0.335 e. The van der Waals surface area contributed by atoms with Gasteiger partial charge in [-0.25, -0.2) is 9.78 Å². The monoisotopic (exact) mass is 340 g/mol. The molecule has 2 aliphatic rings. The van der Waals surface area contributed by atoms with E-state index in [-0.39, 0.29) is 17.5 Å². The molecule has 0 spiro atoms. The fraction of sp³-hybridized carbons (Fsp3) is 0.600. The maximum absolute atomic E-state index is 12.4. The van der Waals surface area contributed by atoms with Gasteiger partial charge < -0.3 is 15.0 Å². The molecule has 2 fully saturated rings. The number of hydrogen-bond acceptors (Lipinski definition) is 2. The fourth-order valence-electron chi connectivity index (χ4n) is 5.04. The van der Waals surface area contributed by atoms with Crippen molar-refractivity contribution in [1.29, 1.82) is 0 Å². The summed E-state index contributed by atoms with van der Waals surface area (Å²) in [5.41, 5.74) is 3.49. The Bertz CT molecular complexity index is 824. The van der Waals surface area contributed by atoms with Gasteiger partial charge in [-0.2, -0.15) is 0 Å². The van der Waals surface area contributed by atoms with Crippen LogP contribution in [0.2, 0.25) is 0 Å². The van der Waals surface area contributed by atoms with Gasteiger partial charge >= 0.3 is 6.03 Å². The van der Waals surface area contributed by atoms with Gasteiger partial charge in [-0.05, 0) is 54.6 Å². The molecule has 2 aromatic heterocycles. The highest BCUT2D eigenvalue weighted by Crippen LogP contribution is 2.65. The molecular weight excluding hydrogens is 312 g/mol. The molecule has 2 N–H and O–H groups in total. The summed E-state index contributed by atoms with van der Waals surface area (Å²) in [5, 5.41) is 6.21. The summed E-state index contributed by atoms with van der Waals surface area (Å²) < 4.78 is 2.00. The van der Waals surface area contributed by atoms with Crippen molar-refractivity contribution < 1.29 is 4.79 Å². The van der Waals surface area contributed by atoms with E-state index in [1.165, 1.54) is 18.4 Å². The Morgan fingerprint density at radius 1 is 1.32 bits per heavy atom. The normalized spacial score (nSPS) is 29.9. The average Bonchev–Trinajstić information content (AvgIpc) is 3.11. The molecule has 0 saturated heterocycles. The third kappa shape index (κ3) is 2.52. The van der Waals surface area contributed by atoms with Crippen molar-refractivity contribution in [3.8, 4) is 0 Å². The average molecular weight is 340 g/mol. The molecular formula is C20H28N4O. The van der Waals surface area contributed by atoms with Crippen molar-refractivity contribution >= 4 is 11.7 Å². The molecule has 0 aliphatic heterocycles. The second kappa shape index (κ2) is 5.48. The molecule has 3 atom stereocenters. The quantitative estimate of drug-likeness (QED) is 0.896. The maximum Gasteiger partial charge on any atom is 0.315 e. The molecule has 2 aromatic rings. The van der Waals surface area contributed by atoms with E-state index in [0.29, 0.717) is 12.0 Å². The first-order valence-electron chi connectivity index (χ1n) is 9.28. The van der Waals surface area contributed by atoms with Crippen molar-refractivity contribution in [2.45, 2.75) is 59.5 Å². The van der Waals surface area contributed by atoms with Crippen LogP contribution in [0.5, 0.6) is 0 Å². The number of carbonyl (C=O) groups is 1. The Morgan fingerprint density at radius 2 is 2.12 bits per heavy atom. The lowest BCUT2D eigenvalue weighted by atomic mass is 9.69. The Balaban J connectivity index is 1.38. The number of aromatic nitrogens is 2. The van der Waals surface area contributed by atoms with Crippen LogP contribution in [0.15, 0.2) is 24.5 Å². The first kappa shape index (κ1) is 16.4. The minimum absolute atomic E-state index is 0.0807. The lowest BCUT2D eigenvalue weighted by Crippen LogP contribution is -2.50. The number of pyridine rings is 1. The summed E-state index contributed by atoms with van der Waals surface area (Å²) in [6.45, 7) is 9.58. The standard InChI is InChI=1S/C20H28N4O/c1-13-5-6-17-22-15(12-24(17)11-13)10-21-18(25)23-16-9-14-7-8-20(16,4)19(14,2)3/h5-6,11-12,14,16H,7-10H2,1-4H3,(H2,21,23,25)/t14-,16-,20-/m1/s1. The molecule has 2 amide bonds. The molecule has 5 heteroatoms. The molecule has 2 heterocycles. The summed E-state index contributed by atoms with van der Waals surface area (Å²) >= 11 is 0. The number of urea groups is 1. The zero-order valence-corrected chi connectivity index (χ0v) is 15.6. The van der Waals surface area contributed by atoms with E-state index in [2.05, 4.69) is 43.3 Å². The number of carbonyl (C=O) groups excluding carboxylic acids is 1. The number of fused-ring (bicyclic) bond motifs is 3. The third-order valence-electron chi connectivity index (χ3n) is 7.18. The van der Waals surface area contributed by atoms with Gasteiger partial charge in [-0.1, -0.05) is 26.8 Å². The van der Waals surface area contributed by atoms with E-state index < -0.39 is 0 Å². The molecule has 0 unspecified atom stereocenters. The zero-order chi connectivity index (χ0) is 17.8. The minimum atomic E-state index is -0.0807. The van der Waals surface area contributed by atoms with E-state index in [9.17, 15) is 4.79 Å². The van der Waals surface area contributed by atoms with Crippen LogP contribution >= 0.6 is 0 Å². The number of hydrogen-bond donors (Lipinski definition) is 2. The van der Waals surface area contributed by atoms with E-state index >= 15 is 0 Å². The van der Waals surface area contributed by atoms with Crippen LogP contribution in [0.4, 0.5) is 4.79 Å². The van der Waals surface area contributed by atoms with Gasteiger partial charge in [0.2, 0.25) is 0 Å². The van der Waals surface area contributed by atoms with Crippen molar-refractivity contribution in [1.82, 2.24) is 20.0 Å². The Morgan fingerprint density at radius 3 is 2.80 bits per heavy atom. The maximum atomic E-state index is 12.4. The predicted molar refractivity (Wildman–Crippen MR) is 98.3 cm³/mol. The van der Waals surface area contributed by atoms with Crippen molar-refractivity contribution in [2.24, 2.45) is 16.7 Å². The highest BCUT2D eigenvalue weighted by atomic mass is 16.2. The Kier molecular flexibility index (Phi) is 3.60. The zero-order valence-electron chi connectivity index (χ0n) is 15.6. The summed E-state index contributed by atoms with van der Waals surface area (Å²) in [7, 11) is 0. The minimum Gasteiger partial charge on any atom is -0.335 e. The van der Waals surface area contributed by atoms with Crippen molar-refractivity contribution in [3.05, 3.63) is 35.8 Å². The van der Waals surface area contributed by atoms with Crippen LogP contribution in [0.3, 0.4) is 0 Å². The van der Waals surface area contributed by atoms with Gasteiger partial charge in [0.05, 0.1) is 12.2 Å². The molecule has 2 aliphatic carbocycles. The smallest absolute Gasteiger partial charge is 0.315 e. The van der Waals surface area contributed by atoms with E-state index in [4.69, 9.17) is 0 Å². The third-order valence-corrected chi connectivity index (χ3v) is 7.18. The van der Waals surface area contributed by atoms with E-state index in [1.54, 1.807) is 0 Å². The summed E-state index contributed by atoms with van der Waals surface area (Å²) in [6.07, 6.45) is 7.63. The Labute approximate surface area is 149 Å². The van der Waals surface area contributed by atoms with Gasteiger partial charge in [-0.3, -0.25) is 0 Å². The van der Waals surface area contributed by atoms with Crippen molar-refractivity contribution in [3.63, 3.8) is 0 Å². The van der Waals surface area contributed by atoms with Crippen LogP contribution < -0.4 is 10.6 Å². The summed E-state index contributed by atoms with van der Waals surface area (Å²) in [4.78, 5) is 17.0. The number of aryl methyl sites for hydroxylation is 1. The molecule has 2 saturated carbocycles. The number of nitrogens with one attached hydrogen (secondary N) is 2. The summed E-state index contributed by atoms with van der Waals surface area (Å²) in [6, 6.07) is 4.23. The van der Waals surface area contributed by atoms with Gasteiger partial charge in [0.15, 0.2) is 0 Å². The molecule has 0 radical (unpaired) electrons. The van der Waals surface area contributed by atoms with E-state index in [1.807, 2.05) is 28.9 Å². The van der Waals surface area contributed by atoms with Crippen LogP contribution in [0.25, 0.3) is 5.65 Å². The van der Waals surface area contributed by atoms with Crippen LogP contribution in [-0.2, 0) is 6.54 Å². The van der Waals surface area contributed by atoms with Gasteiger partial charge in [0.25, 0.3) is 0 Å². The van der Waals surface area contributed by atoms with Crippen LogP contribution in [0, 0.1) is 23.7 Å². The van der Waals surface area contributed by atoms with Crippen LogP contribution in [0.1, 0.15) is 51.3 Å². The topological polar surface area (TPSA) is 58.4 Å². The number of amides is 2. The number of nitrogens with zero attached hydrogens (tertiary/aromatic N) is 2. The van der Waals surface area contributed by atoms with Crippen LogP contribution in [-0.4, -0.2) is 21.5 Å². The van der Waals surface area contributed by atoms with E-state index in [0.717, 1.165) is 23.7 Å². The number of rotatable bonds is 3. The fourth-order valence-corrected chi connectivity index (χ4v) is 5.04. The first-order chi connectivity index (χ1) is 11.8. The highest BCUT2D eigenvalue weighted by molar-refractivity contribution is 5.74. The molecule has 5 nitrogen and oxygen atoms in total. The SMILES string of the molecule is Cc1ccc2nc(CNC(=O)N[C@@H]3C[C@H]4CC[C@@]3(C)C4(C)C)cn2c1. The van der Waals surface area contributed by atoms with Crippen molar-refractivity contribution in [2.75, 3.05) is 0 Å². The highest BCUT2D eigenvalue weighted by Gasteiger charge is 2.61. The molecule has 2 bridgehead atoms. The Hall–Kier alpha value is -2.04. The van der Waals surface area contributed by atoms with Gasteiger partial charge in [0.1, 0.15) is 5.65 Å². The number of imidazole rings is 1. The predicted octanol–water partition coefficient (Wildman–Crippen LogP) is 3.66. The van der Waals surface area contributed by atoms with Gasteiger partial charge in [-0.15, -0.1) is 0 Å². The lowest BCUT2D eigenvalue weighted by molar-refractivity contribution is 0.123.